The number of ether oxygens (including phenoxy) is 1. The van der Waals surface area contributed by atoms with Gasteiger partial charge in [-0.25, -0.2) is 0 Å². The number of hydrogen-bond acceptors (Lipinski definition) is 3. The molecule has 0 fully saturated rings. The smallest absolute Gasteiger partial charge is 0.309 e. The quantitative estimate of drug-likeness (QED) is 0.769. The van der Waals surface area contributed by atoms with Crippen LogP contribution >= 0.6 is 0 Å². The van der Waals surface area contributed by atoms with Crippen molar-refractivity contribution in [2.75, 3.05) is 13.7 Å². The Bertz CT molecular complexity index is 664. The molecule has 0 aromatic heterocycles. The van der Waals surface area contributed by atoms with Gasteiger partial charge >= 0.3 is 5.97 Å². The van der Waals surface area contributed by atoms with Gasteiger partial charge in [-0.15, -0.1) is 0 Å². The lowest BCUT2D eigenvalue weighted by atomic mass is 9.90. The molecule has 0 spiro atoms. The topological polar surface area (TPSA) is 58.6 Å². The van der Waals surface area contributed by atoms with Crippen LogP contribution in [0.1, 0.15) is 25.8 Å². The van der Waals surface area contributed by atoms with E-state index in [9.17, 15) is 4.79 Å². The predicted octanol–water partition coefficient (Wildman–Crippen LogP) is 3.44. The van der Waals surface area contributed by atoms with E-state index in [1.165, 1.54) is 10.9 Å². The van der Waals surface area contributed by atoms with E-state index >= 15 is 0 Å². The Morgan fingerprint density at radius 3 is 2.55 bits per heavy atom. The second kappa shape index (κ2) is 6.79. The van der Waals surface area contributed by atoms with Crippen molar-refractivity contribution in [3.05, 3.63) is 42.0 Å². The van der Waals surface area contributed by atoms with E-state index < -0.39 is 11.4 Å². The fourth-order valence-corrected chi connectivity index (χ4v) is 2.25. The minimum absolute atomic E-state index is 0.604. The summed E-state index contributed by atoms with van der Waals surface area (Å²) in [6.45, 7) is 4.92. The average molecular weight is 301 g/mol. The molecule has 2 rings (SSSR count). The summed E-state index contributed by atoms with van der Waals surface area (Å²) < 4.78 is 5.22. The molecule has 0 atom stereocenters. The minimum Gasteiger partial charge on any atom is -0.497 e. The van der Waals surface area contributed by atoms with Crippen LogP contribution in [0, 0.1) is 5.41 Å². The minimum atomic E-state index is -0.756. The molecule has 2 aromatic rings. The van der Waals surface area contributed by atoms with Crippen LogP contribution in [0.5, 0.6) is 5.75 Å². The molecule has 2 aromatic carbocycles. The molecule has 118 valence electrons. The fraction of sp³-hybridized carbons (Fsp3) is 0.389. The predicted molar refractivity (Wildman–Crippen MR) is 88.2 cm³/mol. The summed E-state index contributed by atoms with van der Waals surface area (Å²) in [6.07, 6.45) is 0.604. The summed E-state index contributed by atoms with van der Waals surface area (Å²) in [7, 11) is 1.66. The van der Waals surface area contributed by atoms with Crippen molar-refractivity contribution in [1.29, 1.82) is 0 Å². The van der Waals surface area contributed by atoms with Crippen LogP contribution in [0.3, 0.4) is 0 Å². The van der Waals surface area contributed by atoms with Crippen molar-refractivity contribution in [1.82, 2.24) is 5.32 Å². The molecule has 0 bridgehead atoms. The van der Waals surface area contributed by atoms with Gasteiger partial charge in [0, 0.05) is 6.54 Å². The summed E-state index contributed by atoms with van der Waals surface area (Å²) in [5, 5.41) is 14.7. The van der Waals surface area contributed by atoms with Gasteiger partial charge in [0.25, 0.3) is 0 Å². The van der Waals surface area contributed by atoms with Crippen molar-refractivity contribution in [3.63, 3.8) is 0 Å². The number of methoxy groups -OCH3 is 1. The van der Waals surface area contributed by atoms with Gasteiger partial charge in [0.2, 0.25) is 0 Å². The van der Waals surface area contributed by atoms with Crippen LogP contribution < -0.4 is 10.1 Å². The molecular weight excluding hydrogens is 278 g/mol. The van der Waals surface area contributed by atoms with Crippen LogP contribution in [-0.4, -0.2) is 24.7 Å². The summed E-state index contributed by atoms with van der Waals surface area (Å²) in [5.41, 5.74) is 0.498. The number of nitrogens with one attached hydrogen (secondary N) is 1. The van der Waals surface area contributed by atoms with Crippen molar-refractivity contribution in [2.24, 2.45) is 5.41 Å². The zero-order valence-electron chi connectivity index (χ0n) is 13.3. The highest BCUT2D eigenvalue weighted by molar-refractivity contribution is 5.84. The molecule has 0 saturated heterocycles. The number of aliphatic carboxylic acids is 1. The van der Waals surface area contributed by atoms with E-state index in [0.717, 1.165) is 17.7 Å². The molecule has 2 N–H and O–H groups in total. The first-order valence-electron chi connectivity index (χ1n) is 7.43. The van der Waals surface area contributed by atoms with Crippen molar-refractivity contribution < 1.29 is 14.6 Å². The van der Waals surface area contributed by atoms with E-state index in [4.69, 9.17) is 9.84 Å². The second-order valence-corrected chi connectivity index (χ2v) is 6.16. The van der Waals surface area contributed by atoms with Crippen LogP contribution in [0.2, 0.25) is 0 Å². The van der Waals surface area contributed by atoms with Crippen LogP contribution in [0.25, 0.3) is 10.8 Å². The Labute approximate surface area is 131 Å². The first kappa shape index (κ1) is 16.3. The molecule has 0 aliphatic rings. The first-order valence-corrected chi connectivity index (χ1v) is 7.43. The summed E-state index contributed by atoms with van der Waals surface area (Å²) >= 11 is 0. The van der Waals surface area contributed by atoms with Gasteiger partial charge in [0.15, 0.2) is 0 Å². The van der Waals surface area contributed by atoms with Gasteiger partial charge in [-0.1, -0.05) is 18.2 Å². The lowest BCUT2D eigenvalue weighted by Gasteiger charge is -2.19. The maximum atomic E-state index is 11.0. The summed E-state index contributed by atoms with van der Waals surface area (Å²) in [6, 6.07) is 12.3. The molecule has 4 heteroatoms. The van der Waals surface area contributed by atoms with E-state index in [-0.39, 0.29) is 0 Å². The Balaban J connectivity index is 1.94. The Kier molecular flexibility index (Phi) is 5.03. The highest BCUT2D eigenvalue weighted by Gasteiger charge is 2.25. The average Bonchev–Trinajstić information content (AvgIpc) is 2.50. The van der Waals surface area contributed by atoms with Gasteiger partial charge in [0.05, 0.1) is 12.5 Å². The number of hydrogen-bond donors (Lipinski definition) is 2. The third-order valence-corrected chi connectivity index (χ3v) is 3.95. The van der Waals surface area contributed by atoms with Gasteiger partial charge in [0.1, 0.15) is 5.75 Å². The molecule has 0 aliphatic carbocycles. The highest BCUT2D eigenvalue weighted by Crippen LogP contribution is 2.22. The molecule has 0 aliphatic heterocycles. The standard InChI is InChI=1S/C18H23NO3/c1-18(2,17(20)21)8-9-19-12-13-4-5-15-11-16(22-3)7-6-14(15)10-13/h4-7,10-11,19H,8-9,12H2,1-3H3,(H,20,21). The lowest BCUT2D eigenvalue weighted by molar-refractivity contribution is -0.147. The van der Waals surface area contributed by atoms with Crippen molar-refractivity contribution >= 4 is 16.7 Å². The molecular formula is C18H23NO3. The lowest BCUT2D eigenvalue weighted by Crippen LogP contribution is -2.28. The Hall–Kier alpha value is -2.07. The fourth-order valence-electron chi connectivity index (χ4n) is 2.25. The van der Waals surface area contributed by atoms with E-state index in [1.807, 2.05) is 18.2 Å². The van der Waals surface area contributed by atoms with E-state index in [1.54, 1.807) is 21.0 Å². The van der Waals surface area contributed by atoms with Crippen LogP contribution in [-0.2, 0) is 11.3 Å². The largest absolute Gasteiger partial charge is 0.497 e. The highest BCUT2D eigenvalue weighted by atomic mass is 16.5. The van der Waals surface area contributed by atoms with Gasteiger partial charge < -0.3 is 15.2 Å². The second-order valence-electron chi connectivity index (χ2n) is 6.16. The number of carboxylic acid groups (broad SMARTS) is 1. The van der Waals surface area contributed by atoms with Crippen molar-refractivity contribution in [2.45, 2.75) is 26.8 Å². The van der Waals surface area contributed by atoms with E-state index in [2.05, 4.69) is 23.5 Å². The third kappa shape index (κ3) is 3.98. The van der Waals surface area contributed by atoms with E-state index in [0.29, 0.717) is 13.0 Å². The number of carbonyl (C=O) groups is 1. The van der Waals surface area contributed by atoms with Gasteiger partial charge in [-0.05, 0) is 61.3 Å². The SMILES string of the molecule is COc1ccc2cc(CNCCC(C)(C)C(=O)O)ccc2c1. The maximum absolute atomic E-state index is 11.0. The molecule has 0 saturated carbocycles. The zero-order valence-corrected chi connectivity index (χ0v) is 13.3. The Morgan fingerprint density at radius 1 is 1.18 bits per heavy atom. The zero-order chi connectivity index (χ0) is 16.2. The number of fused-ring (bicyclic) bond motifs is 1. The molecule has 0 radical (unpaired) electrons. The van der Waals surface area contributed by atoms with Crippen LogP contribution in [0.15, 0.2) is 36.4 Å². The summed E-state index contributed by atoms with van der Waals surface area (Å²) in [5.74, 6) is 0.100. The molecule has 0 amide bonds. The molecule has 0 unspecified atom stereocenters. The summed E-state index contributed by atoms with van der Waals surface area (Å²) in [4.78, 5) is 11.0. The molecule has 0 heterocycles. The third-order valence-electron chi connectivity index (χ3n) is 3.95. The first-order chi connectivity index (χ1) is 10.4. The molecule has 22 heavy (non-hydrogen) atoms. The van der Waals surface area contributed by atoms with Crippen LogP contribution in [0.4, 0.5) is 0 Å². The van der Waals surface area contributed by atoms with Gasteiger partial charge in [-0.3, -0.25) is 4.79 Å². The number of benzene rings is 2. The number of rotatable bonds is 7. The monoisotopic (exact) mass is 301 g/mol. The molecule has 4 nitrogen and oxygen atoms in total. The number of carboxylic acids is 1. The Morgan fingerprint density at radius 2 is 1.86 bits per heavy atom. The van der Waals surface area contributed by atoms with Crippen molar-refractivity contribution in [3.8, 4) is 5.75 Å². The maximum Gasteiger partial charge on any atom is 0.309 e. The normalized spacial score (nSPS) is 11.6. The van der Waals surface area contributed by atoms with Gasteiger partial charge in [-0.2, -0.15) is 0 Å².